The summed E-state index contributed by atoms with van der Waals surface area (Å²) in [6.45, 7) is 5.73. The van der Waals surface area contributed by atoms with Crippen molar-refractivity contribution in [2.24, 2.45) is 0 Å². The average molecular weight is 381 g/mol. The molecule has 1 amide bonds. The Morgan fingerprint density at radius 1 is 1.31 bits per heavy atom. The maximum atomic E-state index is 12.6. The molecule has 144 valence electrons. The van der Waals surface area contributed by atoms with E-state index < -0.39 is 0 Å². The number of fused-ring (bicyclic) bond motifs is 1. The summed E-state index contributed by atoms with van der Waals surface area (Å²) >= 11 is 1.37. The van der Waals surface area contributed by atoms with Crippen LogP contribution >= 0.6 is 11.8 Å². The van der Waals surface area contributed by atoms with Crippen molar-refractivity contribution >= 4 is 17.7 Å². The van der Waals surface area contributed by atoms with Crippen LogP contribution in [0.4, 0.5) is 0 Å². The van der Waals surface area contributed by atoms with E-state index in [4.69, 9.17) is 9.84 Å². The molecule has 1 aromatic rings. The first-order valence-electron chi connectivity index (χ1n) is 9.29. The number of aliphatic hydroxyl groups excluding tert-OH is 1. The molecule has 2 heterocycles. The van der Waals surface area contributed by atoms with Crippen LogP contribution in [-0.4, -0.2) is 63.1 Å². The minimum absolute atomic E-state index is 0.0468. The fourth-order valence-electron chi connectivity index (χ4n) is 3.77. The summed E-state index contributed by atoms with van der Waals surface area (Å²) in [6, 6.07) is 0. The topological polar surface area (TPSA) is 84.7 Å². The van der Waals surface area contributed by atoms with Gasteiger partial charge in [0.1, 0.15) is 5.03 Å². The van der Waals surface area contributed by atoms with Gasteiger partial charge in [-0.25, -0.2) is 4.79 Å². The molecule has 1 saturated heterocycles. The maximum absolute atomic E-state index is 12.6. The Bertz CT molecular complexity index is 711. The molecule has 26 heavy (non-hydrogen) atoms. The number of ether oxygens (including phenoxy) is 1. The molecule has 8 heteroatoms. The van der Waals surface area contributed by atoms with Gasteiger partial charge in [0.15, 0.2) is 0 Å². The van der Waals surface area contributed by atoms with Crippen LogP contribution < -0.4 is 5.69 Å². The summed E-state index contributed by atoms with van der Waals surface area (Å²) in [5.74, 6) is 0.355. The Hall–Kier alpha value is -1.38. The Morgan fingerprint density at radius 2 is 2.04 bits per heavy atom. The van der Waals surface area contributed by atoms with E-state index in [1.807, 2.05) is 18.7 Å². The summed E-state index contributed by atoms with van der Waals surface area (Å²) in [7, 11) is 0. The number of aliphatic hydroxyl groups is 1. The number of morpholine rings is 1. The van der Waals surface area contributed by atoms with Gasteiger partial charge in [-0.05, 0) is 39.5 Å². The van der Waals surface area contributed by atoms with Crippen molar-refractivity contribution in [1.82, 2.24) is 14.5 Å². The second-order valence-electron chi connectivity index (χ2n) is 7.05. The lowest BCUT2D eigenvalue weighted by molar-refractivity contribution is -0.140. The molecule has 1 aliphatic heterocycles. The van der Waals surface area contributed by atoms with Crippen LogP contribution in [0, 0.1) is 0 Å². The number of carbonyl (C=O) groups excluding carboxylic acids is 1. The van der Waals surface area contributed by atoms with Crippen molar-refractivity contribution in [2.45, 2.75) is 63.3 Å². The molecular formula is C18H27N3O4S. The minimum Gasteiger partial charge on any atom is -0.396 e. The summed E-state index contributed by atoms with van der Waals surface area (Å²) < 4.78 is 7.37. The van der Waals surface area contributed by atoms with Crippen molar-refractivity contribution in [2.75, 3.05) is 25.4 Å². The number of thioether (sulfide) groups is 1. The molecule has 0 saturated carbocycles. The fraction of sp³-hybridized carbons (Fsp3) is 0.722. The lowest BCUT2D eigenvalue weighted by Gasteiger charge is -2.35. The van der Waals surface area contributed by atoms with Crippen LogP contribution in [0.3, 0.4) is 0 Å². The summed E-state index contributed by atoms with van der Waals surface area (Å²) in [5, 5.41) is 9.74. The van der Waals surface area contributed by atoms with Gasteiger partial charge >= 0.3 is 5.69 Å². The second kappa shape index (κ2) is 8.54. The summed E-state index contributed by atoms with van der Waals surface area (Å²) in [4.78, 5) is 31.0. The van der Waals surface area contributed by atoms with Gasteiger partial charge in [-0.3, -0.25) is 9.36 Å². The van der Waals surface area contributed by atoms with Crippen LogP contribution in [-0.2, 0) is 28.9 Å². The number of rotatable bonds is 6. The average Bonchev–Trinajstić information content (AvgIpc) is 3.07. The van der Waals surface area contributed by atoms with Gasteiger partial charge in [0.2, 0.25) is 5.91 Å². The largest absolute Gasteiger partial charge is 0.396 e. The van der Waals surface area contributed by atoms with E-state index in [-0.39, 0.29) is 30.4 Å². The molecule has 1 fully saturated rings. The third kappa shape index (κ3) is 4.29. The minimum atomic E-state index is -0.275. The maximum Gasteiger partial charge on any atom is 0.348 e. The molecule has 2 aliphatic rings. The van der Waals surface area contributed by atoms with Crippen LogP contribution in [0.15, 0.2) is 9.82 Å². The van der Waals surface area contributed by atoms with E-state index in [0.29, 0.717) is 36.8 Å². The third-order valence-electron chi connectivity index (χ3n) is 4.85. The molecule has 2 unspecified atom stereocenters. The quantitative estimate of drug-likeness (QED) is 0.581. The molecule has 1 aromatic heterocycles. The van der Waals surface area contributed by atoms with Gasteiger partial charge in [-0.2, -0.15) is 4.98 Å². The lowest BCUT2D eigenvalue weighted by atomic mass is 10.2. The smallest absolute Gasteiger partial charge is 0.348 e. The van der Waals surface area contributed by atoms with Crippen LogP contribution in [0.1, 0.15) is 37.9 Å². The molecule has 2 atom stereocenters. The van der Waals surface area contributed by atoms with E-state index >= 15 is 0 Å². The van der Waals surface area contributed by atoms with Gasteiger partial charge in [0.25, 0.3) is 0 Å². The predicted molar refractivity (Wildman–Crippen MR) is 99.5 cm³/mol. The summed E-state index contributed by atoms with van der Waals surface area (Å²) in [6.07, 6.45) is 3.39. The van der Waals surface area contributed by atoms with E-state index in [1.165, 1.54) is 11.8 Å². The number of nitrogens with zero attached hydrogens (tertiary/aromatic N) is 3. The first-order chi connectivity index (χ1) is 12.5. The predicted octanol–water partition coefficient (Wildman–Crippen LogP) is 0.842. The second-order valence-corrected chi connectivity index (χ2v) is 8.02. The number of aromatic nitrogens is 2. The zero-order valence-corrected chi connectivity index (χ0v) is 16.3. The Labute approximate surface area is 157 Å². The van der Waals surface area contributed by atoms with Crippen molar-refractivity contribution in [3.8, 4) is 0 Å². The van der Waals surface area contributed by atoms with Gasteiger partial charge in [0.05, 0.1) is 18.0 Å². The van der Waals surface area contributed by atoms with Gasteiger partial charge in [-0.15, -0.1) is 0 Å². The first kappa shape index (κ1) is 19.4. The molecule has 7 nitrogen and oxygen atoms in total. The van der Waals surface area contributed by atoms with Gasteiger partial charge in [-0.1, -0.05) is 11.8 Å². The fourth-order valence-corrected chi connectivity index (χ4v) is 4.75. The standard InChI is InChI=1S/C18H27N3O4S/c1-12-9-20(10-13(2)25-12)16(23)11-26-17-14-5-3-6-15(14)21(7-4-8-22)18(24)19-17/h12-13,22H,3-11H2,1-2H3. The van der Waals surface area contributed by atoms with E-state index in [2.05, 4.69) is 4.98 Å². The molecule has 1 N–H and O–H groups in total. The highest BCUT2D eigenvalue weighted by molar-refractivity contribution is 7.99. The highest BCUT2D eigenvalue weighted by Crippen LogP contribution is 2.29. The normalized spacial score (nSPS) is 22.5. The van der Waals surface area contributed by atoms with E-state index in [1.54, 1.807) is 4.57 Å². The Balaban J connectivity index is 1.70. The molecule has 3 rings (SSSR count). The lowest BCUT2D eigenvalue weighted by Crippen LogP contribution is -2.48. The van der Waals surface area contributed by atoms with E-state index in [0.717, 1.165) is 30.5 Å². The van der Waals surface area contributed by atoms with Crippen molar-refractivity contribution in [1.29, 1.82) is 0 Å². The van der Waals surface area contributed by atoms with Gasteiger partial charge in [0, 0.05) is 37.5 Å². The molecule has 0 aromatic carbocycles. The van der Waals surface area contributed by atoms with Crippen LogP contribution in [0.5, 0.6) is 0 Å². The number of carbonyl (C=O) groups is 1. The van der Waals surface area contributed by atoms with Crippen molar-refractivity contribution in [3.05, 3.63) is 21.7 Å². The monoisotopic (exact) mass is 381 g/mol. The zero-order valence-electron chi connectivity index (χ0n) is 15.4. The molecule has 0 bridgehead atoms. The third-order valence-corrected chi connectivity index (χ3v) is 5.85. The highest BCUT2D eigenvalue weighted by Gasteiger charge is 2.27. The summed E-state index contributed by atoms with van der Waals surface area (Å²) in [5.41, 5.74) is 1.86. The van der Waals surface area contributed by atoms with Gasteiger partial charge < -0.3 is 14.7 Å². The molecule has 0 radical (unpaired) electrons. The Kier molecular flexibility index (Phi) is 6.37. The zero-order chi connectivity index (χ0) is 18.7. The van der Waals surface area contributed by atoms with Crippen molar-refractivity contribution in [3.63, 3.8) is 0 Å². The number of amides is 1. The molecule has 0 spiro atoms. The van der Waals surface area contributed by atoms with E-state index in [9.17, 15) is 9.59 Å². The van der Waals surface area contributed by atoms with Crippen LogP contribution in [0.2, 0.25) is 0 Å². The SMILES string of the molecule is CC1CN(C(=O)CSc2nc(=O)n(CCCO)c3c2CCC3)CC(C)O1. The van der Waals surface area contributed by atoms with Crippen LogP contribution in [0.25, 0.3) is 0 Å². The number of hydrogen-bond acceptors (Lipinski definition) is 6. The van der Waals surface area contributed by atoms with Crippen molar-refractivity contribution < 1.29 is 14.6 Å². The molecule has 1 aliphatic carbocycles. The highest BCUT2D eigenvalue weighted by atomic mass is 32.2. The Morgan fingerprint density at radius 3 is 2.73 bits per heavy atom. The molecular weight excluding hydrogens is 354 g/mol. The number of hydrogen-bond donors (Lipinski definition) is 1. The first-order valence-corrected chi connectivity index (χ1v) is 10.3.